The number of hydrogen-bond acceptors (Lipinski definition) is 1. The van der Waals surface area contributed by atoms with E-state index in [1.165, 1.54) is 4.42 Å². The fraction of sp³-hybridized carbons (Fsp3) is 0.833. The van der Waals surface area contributed by atoms with Gasteiger partial charge < -0.3 is 0 Å². The molecule has 0 saturated heterocycles. The molecular formula is C6H12ClNO. The first-order valence-electron chi connectivity index (χ1n) is 3.18. The molecule has 0 saturated carbocycles. The van der Waals surface area contributed by atoms with Crippen LogP contribution in [0.5, 0.6) is 0 Å². The van der Waals surface area contributed by atoms with E-state index in [0.717, 1.165) is 6.42 Å². The van der Waals surface area contributed by atoms with Gasteiger partial charge in [0.2, 0.25) is 5.91 Å². The number of carbonyl (C=O) groups is 1. The van der Waals surface area contributed by atoms with Crippen molar-refractivity contribution >= 4 is 17.7 Å². The van der Waals surface area contributed by atoms with Gasteiger partial charge in [-0.15, -0.1) is 0 Å². The van der Waals surface area contributed by atoms with Gasteiger partial charge in [0.1, 0.15) is 0 Å². The molecule has 3 heteroatoms. The number of halogens is 1. The average Bonchev–Trinajstić information content (AvgIpc) is 1.87. The Morgan fingerprint density at radius 2 is 2.11 bits per heavy atom. The van der Waals surface area contributed by atoms with Crippen LogP contribution in [0.15, 0.2) is 0 Å². The molecule has 0 aromatic heterocycles. The van der Waals surface area contributed by atoms with E-state index in [4.69, 9.17) is 11.8 Å². The monoisotopic (exact) mass is 149 g/mol. The summed E-state index contributed by atoms with van der Waals surface area (Å²) in [7, 11) is 0. The lowest BCUT2D eigenvalue weighted by Gasteiger charge is -2.08. The summed E-state index contributed by atoms with van der Waals surface area (Å²) < 4.78 is 1.21. The molecule has 9 heavy (non-hydrogen) atoms. The van der Waals surface area contributed by atoms with Gasteiger partial charge in [-0.3, -0.25) is 9.21 Å². The molecule has 0 atom stereocenters. The first-order valence-corrected chi connectivity index (χ1v) is 3.52. The molecule has 0 radical (unpaired) electrons. The van der Waals surface area contributed by atoms with E-state index in [9.17, 15) is 4.79 Å². The van der Waals surface area contributed by atoms with E-state index in [-0.39, 0.29) is 5.91 Å². The molecule has 0 N–H and O–H groups in total. The Morgan fingerprint density at radius 3 is 2.44 bits per heavy atom. The fourth-order valence-electron chi connectivity index (χ4n) is 0.512. The summed E-state index contributed by atoms with van der Waals surface area (Å²) in [6.07, 6.45) is 1.42. The molecule has 0 aliphatic rings. The van der Waals surface area contributed by atoms with Gasteiger partial charge in [0, 0.05) is 24.7 Å². The maximum Gasteiger partial charge on any atom is 0.236 e. The van der Waals surface area contributed by atoms with Crippen molar-refractivity contribution in [3.63, 3.8) is 0 Å². The van der Waals surface area contributed by atoms with Gasteiger partial charge in [-0.25, -0.2) is 0 Å². The van der Waals surface area contributed by atoms with Gasteiger partial charge in [-0.05, 0) is 13.3 Å². The van der Waals surface area contributed by atoms with Gasteiger partial charge >= 0.3 is 0 Å². The lowest BCUT2D eigenvalue weighted by Crippen LogP contribution is -2.19. The first-order chi connectivity index (χ1) is 4.22. The highest BCUT2D eigenvalue weighted by atomic mass is 35.5. The van der Waals surface area contributed by atoms with E-state index in [1.54, 1.807) is 0 Å². The molecule has 2 nitrogen and oxygen atoms in total. The molecule has 0 aliphatic carbocycles. The van der Waals surface area contributed by atoms with Gasteiger partial charge in [0.15, 0.2) is 0 Å². The lowest BCUT2D eigenvalue weighted by molar-refractivity contribution is -0.126. The van der Waals surface area contributed by atoms with Crippen molar-refractivity contribution in [3.05, 3.63) is 0 Å². The maximum atomic E-state index is 10.8. The van der Waals surface area contributed by atoms with Crippen LogP contribution in [-0.2, 0) is 4.79 Å². The second kappa shape index (κ2) is 4.62. The third-order valence-corrected chi connectivity index (χ3v) is 1.44. The summed E-state index contributed by atoms with van der Waals surface area (Å²) in [5.41, 5.74) is 0. The third-order valence-electron chi connectivity index (χ3n) is 1.01. The molecule has 0 heterocycles. The predicted molar refractivity (Wildman–Crippen MR) is 38.1 cm³/mol. The maximum absolute atomic E-state index is 10.8. The summed E-state index contributed by atoms with van der Waals surface area (Å²) >= 11 is 5.48. The molecule has 0 unspecified atom stereocenters. The molecule has 0 aromatic carbocycles. The van der Waals surface area contributed by atoms with Crippen molar-refractivity contribution in [1.82, 2.24) is 4.42 Å². The standard InChI is InChI=1S/C6H12ClNO/c1-3-5-6(9)8(7)4-2/h3-5H2,1-2H3. The topological polar surface area (TPSA) is 20.3 Å². The smallest absolute Gasteiger partial charge is 0.236 e. The average molecular weight is 150 g/mol. The Morgan fingerprint density at radius 1 is 1.56 bits per heavy atom. The van der Waals surface area contributed by atoms with Crippen LogP contribution in [0.4, 0.5) is 0 Å². The van der Waals surface area contributed by atoms with Crippen LogP contribution in [0.2, 0.25) is 0 Å². The Labute approximate surface area is 60.9 Å². The summed E-state index contributed by atoms with van der Waals surface area (Å²) in [6, 6.07) is 0. The number of carbonyl (C=O) groups excluding carboxylic acids is 1. The molecule has 1 amide bonds. The zero-order chi connectivity index (χ0) is 7.28. The third kappa shape index (κ3) is 3.36. The SMILES string of the molecule is CCCC(=O)N(Cl)CC. The highest BCUT2D eigenvalue weighted by Crippen LogP contribution is 1.99. The van der Waals surface area contributed by atoms with Gasteiger partial charge in [-0.2, -0.15) is 0 Å². The lowest BCUT2D eigenvalue weighted by atomic mass is 10.3. The largest absolute Gasteiger partial charge is 0.274 e. The minimum atomic E-state index is 0.0154. The van der Waals surface area contributed by atoms with Gasteiger partial charge in [0.25, 0.3) is 0 Å². The second-order valence-electron chi connectivity index (χ2n) is 1.82. The van der Waals surface area contributed by atoms with E-state index in [1.807, 2.05) is 13.8 Å². The first kappa shape index (κ1) is 8.76. The number of hydrogen-bond donors (Lipinski definition) is 0. The number of nitrogens with zero attached hydrogens (tertiary/aromatic N) is 1. The van der Waals surface area contributed by atoms with Crippen LogP contribution in [0.1, 0.15) is 26.7 Å². The second-order valence-corrected chi connectivity index (χ2v) is 2.23. The van der Waals surface area contributed by atoms with Gasteiger partial charge in [-0.1, -0.05) is 6.92 Å². The van der Waals surface area contributed by atoms with Crippen LogP contribution in [0.3, 0.4) is 0 Å². The Hall–Kier alpha value is -0.240. The van der Waals surface area contributed by atoms with Crippen LogP contribution in [0.25, 0.3) is 0 Å². The predicted octanol–water partition coefficient (Wildman–Crippen LogP) is 1.79. The molecule has 54 valence electrons. The summed E-state index contributed by atoms with van der Waals surface area (Å²) in [5, 5.41) is 0. The van der Waals surface area contributed by atoms with E-state index in [2.05, 4.69) is 0 Å². The quantitative estimate of drug-likeness (QED) is 0.561. The Bertz CT molecular complexity index is 95.1. The Kier molecular flexibility index (Phi) is 4.50. The van der Waals surface area contributed by atoms with E-state index < -0.39 is 0 Å². The molecule has 0 bridgehead atoms. The molecule has 0 aromatic rings. The fourth-order valence-corrected chi connectivity index (χ4v) is 0.596. The highest BCUT2D eigenvalue weighted by molar-refractivity contribution is 6.21. The summed E-state index contributed by atoms with van der Waals surface area (Å²) in [6.45, 7) is 4.39. The number of rotatable bonds is 3. The minimum absolute atomic E-state index is 0.0154. The molecule has 0 spiro atoms. The Balaban J connectivity index is 3.46. The normalized spacial score (nSPS) is 9.22. The molecule has 0 fully saturated rings. The van der Waals surface area contributed by atoms with Crippen LogP contribution < -0.4 is 0 Å². The zero-order valence-electron chi connectivity index (χ0n) is 5.85. The van der Waals surface area contributed by atoms with Crippen molar-refractivity contribution in [2.45, 2.75) is 26.7 Å². The molecular weight excluding hydrogens is 138 g/mol. The zero-order valence-corrected chi connectivity index (χ0v) is 6.61. The highest BCUT2D eigenvalue weighted by Gasteiger charge is 2.05. The van der Waals surface area contributed by atoms with E-state index in [0.29, 0.717) is 13.0 Å². The van der Waals surface area contributed by atoms with Crippen LogP contribution in [0, 0.1) is 0 Å². The van der Waals surface area contributed by atoms with Crippen LogP contribution in [-0.4, -0.2) is 16.9 Å². The summed E-state index contributed by atoms with van der Waals surface area (Å²) in [5.74, 6) is 0.0154. The molecule has 0 aliphatic heterocycles. The van der Waals surface area contributed by atoms with Crippen molar-refractivity contribution in [2.24, 2.45) is 0 Å². The molecule has 0 rings (SSSR count). The van der Waals surface area contributed by atoms with Crippen LogP contribution >= 0.6 is 11.8 Å². The van der Waals surface area contributed by atoms with Crippen molar-refractivity contribution in [2.75, 3.05) is 6.54 Å². The minimum Gasteiger partial charge on any atom is -0.274 e. The van der Waals surface area contributed by atoms with Crippen molar-refractivity contribution in [1.29, 1.82) is 0 Å². The van der Waals surface area contributed by atoms with Gasteiger partial charge in [0.05, 0.1) is 0 Å². The van der Waals surface area contributed by atoms with Crippen molar-refractivity contribution < 1.29 is 4.79 Å². The van der Waals surface area contributed by atoms with E-state index >= 15 is 0 Å². The number of amides is 1. The summed E-state index contributed by atoms with van der Waals surface area (Å²) in [4.78, 5) is 10.8. The van der Waals surface area contributed by atoms with Crippen molar-refractivity contribution in [3.8, 4) is 0 Å².